The molecule has 2 heterocycles. The first-order chi connectivity index (χ1) is 12.6. The summed E-state index contributed by atoms with van der Waals surface area (Å²) in [7, 11) is 0. The van der Waals surface area contributed by atoms with Crippen LogP contribution in [-0.2, 0) is 0 Å². The molecule has 2 aromatic heterocycles. The minimum atomic E-state index is -0.296. The summed E-state index contributed by atoms with van der Waals surface area (Å²) in [6.45, 7) is 4.11. The number of aromatic nitrogens is 2. The Balaban J connectivity index is 1.89. The van der Waals surface area contributed by atoms with Crippen molar-refractivity contribution in [2.24, 2.45) is 10.2 Å². The molecule has 4 aromatic rings. The highest BCUT2D eigenvalue weighted by Gasteiger charge is 2.15. The number of rotatable bonds is 3. The molecule has 128 valence electrons. The van der Waals surface area contributed by atoms with Crippen LogP contribution in [0.5, 0.6) is 0 Å². The smallest absolute Gasteiger partial charge is 0.187 e. The first kappa shape index (κ1) is 16.1. The van der Waals surface area contributed by atoms with E-state index in [1.54, 1.807) is 12.1 Å². The summed E-state index contributed by atoms with van der Waals surface area (Å²) < 4.78 is 15.0. The van der Waals surface area contributed by atoms with Gasteiger partial charge in [-0.3, -0.25) is 4.40 Å². The van der Waals surface area contributed by atoms with Gasteiger partial charge in [-0.15, -0.1) is 10.2 Å². The Kier molecular flexibility index (Phi) is 4.05. The number of pyridine rings is 1. The second kappa shape index (κ2) is 6.52. The van der Waals surface area contributed by atoms with E-state index in [2.05, 4.69) is 42.3 Å². The number of aryl methyl sites for hydroxylation is 2. The van der Waals surface area contributed by atoms with Gasteiger partial charge in [-0.25, -0.2) is 9.37 Å². The third-order valence-corrected chi connectivity index (χ3v) is 4.24. The third kappa shape index (κ3) is 2.99. The number of fused-ring (bicyclic) bond motifs is 1. The Labute approximate surface area is 150 Å². The SMILES string of the molecule is Cc1ccc(C)c(-c2nc3ccccn3c2N=Nc2ccc(F)cc2)c1. The fraction of sp³-hybridized carbons (Fsp3) is 0.0952. The van der Waals surface area contributed by atoms with Gasteiger partial charge in [0.2, 0.25) is 0 Å². The van der Waals surface area contributed by atoms with Crippen LogP contribution >= 0.6 is 0 Å². The second-order valence-corrected chi connectivity index (χ2v) is 6.21. The fourth-order valence-corrected chi connectivity index (χ4v) is 2.86. The molecule has 0 aliphatic rings. The topological polar surface area (TPSA) is 42.0 Å². The summed E-state index contributed by atoms with van der Waals surface area (Å²) in [6, 6.07) is 18.0. The predicted molar refractivity (Wildman–Crippen MR) is 101 cm³/mol. The van der Waals surface area contributed by atoms with Gasteiger partial charge < -0.3 is 0 Å². The number of imidazole rings is 1. The molecule has 2 aromatic carbocycles. The lowest BCUT2D eigenvalue weighted by Gasteiger charge is -2.05. The van der Waals surface area contributed by atoms with Crippen molar-refractivity contribution in [1.82, 2.24) is 9.38 Å². The number of nitrogens with zero attached hydrogens (tertiary/aromatic N) is 4. The normalized spacial score (nSPS) is 11.5. The molecule has 0 bridgehead atoms. The molecule has 5 heteroatoms. The summed E-state index contributed by atoms with van der Waals surface area (Å²) >= 11 is 0. The molecule has 0 amide bonds. The highest BCUT2D eigenvalue weighted by Crippen LogP contribution is 2.34. The number of azo groups is 1. The Bertz CT molecular complexity index is 1110. The van der Waals surface area contributed by atoms with Crippen LogP contribution in [-0.4, -0.2) is 9.38 Å². The van der Waals surface area contributed by atoms with Crippen molar-refractivity contribution in [3.63, 3.8) is 0 Å². The van der Waals surface area contributed by atoms with Crippen molar-refractivity contribution < 1.29 is 4.39 Å². The molecule has 0 saturated heterocycles. The largest absolute Gasteiger partial charge is 0.283 e. The first-order valence-corrected chi connectivity index (χ1v) is 8.34. The second-order valence-electron chi connectivity index (χ2n) is 6.21. The van der Waals surface area contributed by atoms with Crippen molar-refractivity contribution in [1.29, 1.82) is 0 Å². The van der Waals surface area contributed by atoms with Gasteiger partial charge in [-0.2, -0.15) is 0 Å². The first-order valence-electron chi connectivity index (χ1n) is 8.34. The van der Waals surface area contributed by atoms with Gasteiger partial charge in [0, 0.05) is 11.8 Å². The van der Waals surface area contributed by atoms with E-state index in [4.69, 9.17) is 4.98 Å². The Morgan fingerprint density at radius 1 is 0.923 bits per heavy atom. The summed E-state index contributed by atoms with van der Waals surface area (Å²) in [6.07, 6.45) is 1.91. The molecule has 0 fully saturated rings. The number of benzene rings is 2. The molecule has 0 unspecified atom stereocenters. The van der Waals surface area contributed by atoms with Crippen molar-refractivity contribution in [3.8, 4) is 11.3 Å². The molecular formula is C21H17FN4. The van der Waals surface area contributed by atoms with E-state index >= 15 is 0 Å². The van der Waals surface area contributed by atoms with Crippen LogP contribution in [0.25, 0.3) is 16.9 Å². The standard InChI is InChI=1S/C21H17FN4/c1-14-6-7-15(2)18(13-14)20-21(26-12-4-3-5-19(26)23-20)25-24-17-10-8-16(22)9-11-17/h3-13H,1-2H3. The molecule has 26 heavy (non-hydrogen) atoms. The van der Waals surface area contributed by atoms with Crippen LogP contribution in [0.15, 0.2) is 77.1 Å². The lowest BCUT2D eigenvalue weighted by atomic mass is 10.0. The molecule has 0 spiro atoms. The van der Waals surface area contributed by atoms with Gasteiger partial charge in [0.25, 0.3) is 0 Å². The van der Waals surface area contributed by atoms with E-state index in [0.29, 0.717) is 11.5 Å². The zero-order chi connectivity index (χ0) is 18.1. The number of hydrogen-bond acceptors (Lipinski definition) is 3. The van der Waals surface area contributed by atoms with Gasteiger partial charge in [0.1, 0.15) is 17.2 Å². The monoisotopic (exact) mass is 344 g/mol. The van der Waals surface area contributed by atoms with Gasteiger partial charge in [0.05, 0.1) is 5.69 Å². The van der Waals surface area contributed by atoms with Crippen molar-refractivity contribution in [2.45, 2.75) is 13.8 Å². The molecule has 4 rings (SSSR count). The maximum Gasteiger partial charge on any atom is 0.187 e. The number of hydrogen-bond donors (Lipinski definition) is 0. The van der Waals surface area contributed by atoms with Gasteiger partial charge in [-0.05, 0) is 61.9 Å². The average molecular weight is 344 g/mol. The Morgan fingerprint density at radius 2 is 1.73 bits per heavy atom. The summed E-state index contributed by atoms with van der Waals surface area (Å²) in [5.74, 6) is 0.355. The van der Waals surface area contributed by atoms with E-state index in [1.807, 2.05) is 28.8 Å². The molecule has 0 aliphatic heterocycles. The third-order valence-electron chi connectivity index (χ3n) is 4.24. The fourth-order valence-electron chi connectivity index (χ4n) is 2.86. The minimum Gasteiger partial charge on any atom is -0.283 e. The van der Waals surface area contributed by atoms with Crippen LogP contribution in [0.4, 0.5) is 15.9 Å². The number of halogens is 1. The maximum absolute atomic E-state index is 13.1. The van der Waals surface area contributed by atoms with Crippen LogP contribution in [0, 0.1) is 19.7 Å². The molecule has 0 N–H and O–H groups in total. The van der Waals surface area contributed by atoms with E-state index in [-0.39, 0.29) is 5.82 Å². The highest BCUT2D eigenvalue weighted by atomic mass is 19.1. The zero-order valence-electron chi connectivity index (χ0n) is 14.5. The molecule has 0 aliphatic carbocycles. The van der Waals surface area contributed by atoms with Crippen LogP contribution in [0.2, 0.25) is 0 Å². The molecule has 0 atom stereocenters. The molecule has 0 radical (unpaired) electrons. The zero-order valence-corrected chi connectivity index (χ0v) is 14.5. The lowest BCUT2D eigenvalue weighted by Crippen LogP contribution is -1.86. The highest BCUT2D eigenvalue weighted by molar-refractivity contribution is 5.77. The van der Waals surface area contributed by atoms with Gasteiger partial charge in [0.15, 0.2) is 5.82 Å². The van der Waals surface area contributed by atoms with Crippen molar-refractivity contribution in [2.75, 3.05) is 0 Å². The summed E-state index contributed by atoms with van der Waals surface area (Å²) in [5, 5.41) is 8.72. The molecular weight excluding hydrogens is 327 g/mol. The lowest BCUT2D eigenvalue weighted by molar-refractivity contribution is 0.628. The average Bonchev–Trinajstić information content (AvgIpc) is 3.02. The maximum atomic E-state index is 13.1. The predicted octanol–water partition coefficient (Wildman–Crippen LogP) is 6.17. The van der Waals surface area contributed by atoms with Crippen LogP contribution in [0.1, 0.15) is 11.1 Å². The van der Waals surface area contributed by atoms with E-state index < -0.39 is 0 Å². The van der Waals surface area contributed by atoms with Gasteiger partial charge in [-0.1, -0.05) is 23.8 Å². The molecule has 4 nitrogen and oxygen atoms in total. The van der Waals surface area contributed by atoms with E-state index in [1.165, 1.54) is 12.1 Å². The van der Waals surface area contributed by atoms with Crippen molar-refractivity contribution in [3.05, 3.63) is 83.8 Å². The quantitative estimate of drug-likeness (QED) is 0.410. The van der Waals surface area contributed by atoms with E-state index in [9.17, 15) is 4.39 Å². The molecule has 0 saturated carbocycles. The van der Waals surface area contributed by atoms with Crippen LogP contribution < -0.4 is 0 Å². The van der Waals surface area contributed by atoms with E-state index in [0.717, 1.165) is 28.0 Å². The van der Waals surface area contributed by atoms with Crippen LogP contribution in [0.3, 0.4) is 0 Å². The Hall–Kier alpha value is -3.34. The summed E-state index contributed by atoms with van der Waals surface area (Å²) in [5.41, 5.74) is 5.48. The van der Waals surface area contributed by atoms with Crippen molar-refractivity contribution >= 4 is 17.2 Å². The Morgan fingerprint density at radius 3 is 2.54 bits per heavy atom. The van der Waals surface area contributed by atoms with Gasteiger partial charge >= 0.3 is 0 Å². The summed E-state index contributed by atoms with van der Waals surface area (Å²) in [4.78, 5) is 4.76. The minimum absolute atomic E-state index is 0.296.